The quantitative estimate of drug-likeness (QED) is 0.651. The Bertz CT molecular complexity index is 347. The number of hydrogen-bond acceptors (Lipinski definition) is 0. The molecule has 1 aromatic rings. The molecule has 0 nitrogen and oxygen atoms in total. The topological polar surface area (TPSA) is 0 Å². The first-order valence-corrected chi connectivity index (χ1v) is 7.00. The fourth-order valence-corrected chi connectivity index (χ4v) is 3.73. The number of fused-ring (bicyclic) bond motifs is 1. The second kappa shape index (κ2) is 4.61. The molecule has 0 heteroatoms. The van der Waals surface area contributed by atoms with Gasteiger partial charge in [0.25, 0.3) is 0 Å². The Hall–Kier alpha value is -0.780. The van der Waals surface area contributed by atoms with Gasteiger partial charge in [0.2, 0.25) is 0 Å². The highest BCUT2D eigenvalue weighted by Gasteiger charge is 2.26. The second-order valence-electron chi connectivity index (χ2n) is 5.67. The van der Waals surface area contributed by atoms with E-state index in [2.05, 4.69) is 24.3 Å². The molecule has 1 saturated carbocycles. The Morgan fingerprint density at radius 3 is 2.31 bits per heavy atom. The minimum atomic E-state index is 0.996. The Balaban J connectivity index is 1.72. The molecule has 1 aromatic carbocycles. The van der Waals surface area contributed by atoms with E-state index >= 15 is 0 Å². The molecular formula is C16H22. The third kappa shape index (κ3) is 2.03. The van der Waals surface area contributed by atoms with Crippen LogP contribution in [0, 0.1) is 11.8 Å². The van der Waals surface area contributed by atoms with Crippen LogP contribution in [0.2, 0.25) is 0 Å². The van der Waals surface area contributed by atoms with E-state index in [0.717, 1.165) is 11.8 Å². The van der Waals surface area contributed by atoms with Crippen molar-refractivity contribution < 1.29 is 0 Å². The minimum absolute atomic E-state index is 0.996. The van der Waals surface area contributed by atoms with Crippen molar-refractivity contribution in [2.75, 3.05) is 0 Å². The van der Waals surface area contributed by atoms with Crippen LogP contribution in [0.4, 0.5) is 0 Å². The molecule has 0 spiro atoms. The molecule has 0 aliphatic heterocycles. The van der Waals surface area contributed by atoms with Crippen molar-refractivity contribution in [3.8, 4) is 0 Å². The lowest BCUT2D eigenvalue weighted by molar-refractivity contribution is 0.228. The van der Waals surface area contributed by atoms with Crippen LogP contribution >= 0.6 is 0 Å². The van der Waals surface area contributed by atoms with Gasteiger partial charge in [0.1, 0.15) is 0 Å². The van der Waals surface area contributed by atoms with Gasteiger partial charge in [0.15, 0.2) is 0 Å². The molecule has 0 amide bonds. The first-order valence-electron chi connectivity index (χ1n) is 7.00. The standard InChI is InChI=1S/C16H22/c1-2-6-13(7-3-1)16-11-10-14-8-4-5-9-15(14)12-16/h4-5,8-9,13,16H,1-3,6-7,10-12H2. The molecule has 1 fully saturated rings. The van der Waals surface area contributed by atoms with Crippen molar-refractivity contribution in [1.29, 1.82) is 0 Å². The maximum Gasteiger partial charge on any atom is -0.0245 e. The molecule has 86 valence electrons. The molecule has 0 N–H and O–H groups in total. The van der Waals surface area contributed by atoms with Crippen molar-refractivity contribution in [2.45, 2.75) is 51.4 Å². The molecular weight excluding hydrogens is 192 g/mol. The smallest absolute Gasteiger partial charge is 0.0245 e. The predicted molar refractivity (Wildman–Crippen MR) is 68.5 cm³/mol. The normalized spacial score (nSPS) is 26.4. The fraction of sp³-hybridized carbons (Fsp3) is 0.625. The second-order valence-corrected chi connectivity index (χ2v) is 5.67. The van der Waals surface area contributed by atoms with Crippen molar-refractivity contribution in [1.82, 2.24) is 0 Å². The summed E-state index contributed by atoms with van der Waals surface area (Å²) in [6, 6.07) is 9.08. The lowest BCUT2D eigenvalue weighted by Gasteiger charge is -2.33. The Labute approximate surface area is 99.1 Å². The van der Waals surface area contributed by atoms with Crippen LogP contribution in [0.25, 0.3) is 0 Å². The molecule has 1 atom stereocenters. The van der Waals surface area contributed by atoms with E-state index in [4.69, 9.17) is 0 Å². The van der Waals surface area contributed by atoms with Crippen LogP contribution in [0.5, 0.6) is 0 Å². The highest BCUT2D eigenvalue weighted by molar-refractivity contribution is 5.29. The SMILES string of the molecule is c1ccc2c(c1)CCC(C1CCCCC1)C2. The van der Waals surface area contributed by atoms with Crippen molar-refractivity contribution in [3.63, 3.8) is 0 Å². The molecule has 0 bridgehead atoms. The van der Waals surface area contributed by atoms with Gasteiger partial charge >= 0.3 is 0 Å². The van der Waals surface area contributed by atoms with E-state index in [1.165, 1.54) is 51.4 Å². The van der Waals surface area contributed by atoms with E-state index in [1.54, 1.807) is 11.1 Å². The maximum atomic E-state index is 2.35. The summed E-state index contributed by atoms with van der Waals surface area (Å²) in [6.45, 7) is 0. The average molecular weight is 214 g/mol. The lowest BCUT2D eigenvalue weighted by atomic mass is 9.72. The molecule has 0 aromatic heterocycles. The van der Waals surface area contributed by atoms with Gasteiger partial charge in [0.05, 0.1) is 0 Å². The van der Waals surface area contributed by atoms with Gasteiger partial charge < -0.3 is 0 Å². The summed E-state index contributed by atoms with van der Waals surface area (Å²) in [6.07, 6.45) is 11.6. The zero-order valence-corrected chi connectivity index (χ0v) is 10.1. The van der Waals surface area contributed by atoms with E-state index in [0.29, 0.717) is 0 Å². The molecule has 2 aliphatic carbocycles. The molecule has 0 saturated heterocycles. The summed E-state index contributed by atoms with van der Waals surface area (Å²) in [5.74, 6) is 2.04. The van der Waals surface area contributed by atoms with Gasteiger partial charge in [-0.2, -0.15) is 0 Å². The average Bonchev–Trinajstić information content (AvgIpc) is 2.39. The van der Waals surface area contributed by atoms with Gasteiger partial charge in [-0.05, 0) is 42.2 Å². The van der Waals surface area contributed by atoms with Crippen LogP contribution in [0.3, 0.4) is 0 Å². The Morgan fingerprint density at radius 1 is 0.750 bits per heavy atom. The first-order chi connectivity index (χ1) is 7.93. The van der Waals surface area contributed by atoms with Crippen LogP contribution in [0.1, 0.15) is 49.7 Å². The number of benzene rings is 1. The van der Waals surface area contributed by atoms with Crippen LogP contribution in [-0.4, -0.2) is 0 Å². The lowest BCUT2D eigenvalue weighted by Crippen LogP contribution is -2.24. The van der Waals surface area contributed by atoms with E-state index in [-0.39, 0.29) is 0 Å². The van der Waals surface area contributed by atoms with Crippen LogP contribution < -0.4 is 0 Å². The third-order valence-electron chi connectivity index (χ3n) is 4.70. The zero-order chi connectivity index (χ0) is 10.8. The Morgan fingerprint density at radius 2 is 1.50 bits per heavy atom. The summed E-state index contributed by atoms with van der Waals surface area (Å²) >= 11 is 0. The fourth-order valence-electron chi connectivity index (χ4n) is 3.73. The molecule has 2 aliphatic rings. The van der Waals surface area contributed by atoms with Gasteiger partial charge in [-0.15, -0.1) is 0 Å². The summed E-state index contributed by atoms with van der Waals surface area (Å²) in [7, 11) is 0. The van der Waals surface area contributed by atoms with Crippen molar-refractivity contribution >= 4 is 0 Å². The molecule has 16 heavy (non-hydrogen) atoms. The highest BCUT2D eigenvalue weighted by Crippen LogP contribution is 2.37. The highest BCUT2D eigenvalue weighted by atomic mass is 14.3. The molecule has 0 heterocycles. The number of aryl methyl sites for hydroxylation is 1. The predicted octanol–water partition coefficient (Wildman–Crippen LogP) is 4.37. The van der Waals surface area contributed by atoms with Gasteiger partial charge in [-0.25, -0.2) is 0 Å². The first kappa shape index (κ1) is 10.4. The van der Waals surface area contributed by atoms with Crippen LogP contribution in [-0.2, 0) is 12.8 Å². The molecule has 0 radical (unpaired) electrons. The van der Waals surface area contributed by atoms with Crippen molar-refractivity contribution in [2.24, 2.45) is 11.8 Å². The molecule has 1 unspecified atom stereocenters. The van der Waals surface area contributed by atoms with Crippen molar-refractivity contribution in [3.05, 3.63) is 35.4 Å². The summed E-state index contributed by atoms with van der Waals surface area (Å²) < 4.78 is 0. The van der Waals surface area contributed by atoms with E-state index < -0.39 is 0 Å². The van der Waals surface area contributed by atoms with Crippen LogP contribution in [0.15, 0.2) is 24.3 Å². The van der Waals surface area contributed by atoms with E-state index in [1.807, 2.05) is 0 Å². The summed E-state index contributed by atoms with van der Waals surface area (Å²) in [5, 5.41) is 0. The molecule has 3 rings (SSSR count). The van der Waals surface area contributed by atoms with Gasteiger partial charge in [0, 0.05) is 0 Å². The monoisotopic (exact) mass is 214 g/mol. The number of rotatable bonds is 1. The summed E-state index contributed by atoms with van der Waals surface area (Å²) in [5.41, 5.74) is 3.26. The minimum Gasteiger partial charge on any atom is -0.0620 e. The largest absolute Gasteiger partial charge is 0.0620 e. The maximum absolute atomic E-state index is 2.35. The zero-order valence-electron chi connectivity index (χ0n) is 10.1. The Kier molecular flexibility index (Phi) is 2.99. The van der Waals surface area contributed by atoms with E-state index in [9.17, 15) is 0 Å². The summed E-state index contributed by atoms with van der Waals surface area (Å²) in [4.78, 5) is 0. The van der Waals surface area contributed by atoms with Gasteiger partial charge in [-0.3, -0.25) is 0 Å². The number of hydrogen-bond donors (Lipinski definition) is 0. The third-order valence-corrected chi connectivity index (χ3v) is 4.70. The van der Waals surface area contributed by atoms with Gasteiger partial charge in [-0.1, -0.05) is 56.4 Å².